The fraction of sp³-hybridized carbons (Fsp3) is 0.471. The van der Waals surface area contributed by atoms with Crippen molar-refractivity contribution < 1.29 is 9.53 Å². The predicted molar refractivity (Wildman–Crippen MR) is 91.0 cm³/mol. The number of nitrogens with one attached hydrogen (secondary N) is 1. The van der Waals surface area contributed by atoms with Gasteiger partial charge in [-0.2, -0.15) is 5.10 Å². The Morgan fingerprint density at radius 1 is 1.50 bits per heavy atom. The molecule has 0 saturated carbocycles. The molecule has 24 heavy (non-hydrogen) atoms. The molecule has 0 aliphatic carbocycles. The zero-order valence-corrected chi connectivity index (χ0v) is 14.6. The molecule has 128 valence electrons. The van der Waals surface area contributed by atoms with Gasteiger partial charge in [-0.05, 0) is 30.5 Å². The van der Waals surface area contributed by atoms with E-state index in [4.69, 9.17) is 16.3 Å². The minimum Gasteiger partial charge on any atom is -0.376 e. The minimum atomic E-state index is -0.0691. The molecule has 0 bridgehead atoms. The van der Waals surface area contributed by atoms with Gasteiger partial charge in [0, 0.05) is 31.1 Å². The van der Waals surface area contributed by atoms with Gasteiger partial charge >= 0.3 is 0 Å². The molecule has 0 unspecified atom stereocenters. The molecule has 1 aliphatic heterocycles. The number of aryl methyl sites for hydroxylation is 1. The highest BCUT2D eigenvalue weighted by Gasteiger charge is 2.33. The lowest BCUT2D eigenvalue weighted by Gasteiger charge is -2.24. The number of H-pyrrole nitrogens is 1. The molecule has 6 nitrogen and oxygen atoms in total. The number of hydrogen-bond acceptors (Lipinski definition) is 4. The maximum absolute atomic E-state index is 12.5. The number of carbonyl (C=O) groups excluding carboxylic acids is 1. The average Bonchev–Trinajstić information content (AvgIpc) is 3.20. The van der Waals surface area contributed by atoms with Crippen molar-refractivity contribution in [3.05, 3.63) is 46.5 Å². The van der Waals surface area contributed by atoms with Crippen LogP contribution in [0.3, 0.4) is 0 Å². The van der Waals surface area contributed by atoms with Crippen molar-refractivity contribution in [3.63, 3.8) is 0 Å². The Balaban J connectivity index is 1.61. The van der Waals surface area contributed by atoms with Crippen LogP contribution in [0.5, 0.6) is 0 Å². The van der Waals surface area contributed by atoms with Gasteiger partial charge in [-0.15, -0.1) is 0 Å². The Morgan fingerprint density at radius 2 is 2.33 bits per heavy atom. The summed E-state index contributed by atoms with van der Waals surface area (Å²) >= 11 is 6.22. The van der Waals surface area contributed by atoms with Gasteiger partial charge < -0.3 is 9.64 Å². The molecular formula is C17H21ClN4O2. The number of nitrogens with zero attached hydrogens (tertiary/aromatic N) is 3. The van der Waals surface area contributed by atoms with Crippen LogP contribution in [-0.4, -0.2) is 52.3 Å². The van der Waals surface area contributed by atoms with E-state index in [0.717, 1.165) is 23.4 Å². The molecule has 1 aliphatic rings. The molecule has 2 heterocycles. The number of amides is 1. The van der Waals surface area contributed by atoms with E-state index >= 15 is 0 Å². The number of aromatic amines is 1. The van der Waals surface area contributed by atoms with Gasteiger partial charge in [0.05, 0.1) is 12.5 Å². The number of halogens is 1. The van der Waals surface area contributed by atoms with Crippen LogP contribution < -0.4 is 0 Å². The standard InChI is InChI=1S/C17H21ClN4O2/c1-11-3-4-12(14(18)7-11)8-16(23)22(2)9-15-13(5-6-24-15)17-19-10-20-21-17/h3-4,7,10,13,15H,5-6,8-9H2,1-2H3,(H,19,20,21)/t13-,15-/m1/s1. The average molecular weight is 349 g/mol. The highest BCUT2D eigenvalue weighted by atomic mass is 35.5. The summed E-state index contributed by atoms with van der Waals surface area (Å²) in [6.45, 7) is 3.17. The number of likely N-dealkylation sites (N-methyl/N-ethyl adjacent to an activating group) is 1. The Labute approximate surface area is 146 Å². The van der Waals surface area contributed by atoms with Crippen LogP contribution >= 0.6 is 11.6 Å². The molecule has 0 spiro atoms. The van der Waals surface area contributed by atoms with E-state index in [0.29, 0.717) is 18.2 Å². The zero-order chi connectivity index (χ0) is 17.1. The van der Waals surface area contributed by atoms with E-state index in [2.05, 4.69) is 15.2 Å². The molecule has 1 amide bonds. The number of benzene rings is 1. The number of hydrogen-bond donors (Lipinski definition) is 1. The van der Waals surface area contributed by atoms with Gasteiger partial charge in [-0.25, -0.2) is 4.98 Å². The number of ether oxygens (including phenoxy) is 1. The first-order valence-electron chi connectivity index (χ1n) is 8.00. The first-order chi connectivity index (χ1) is 11.5. The molecule has 3 rings (SSSR count). The summed E-state index contributed by atoms with van der Waals surface area (Å²) < 4.78 is 5.79. The largest absolute Gasteiger partial charge is 0.376 e. The van der Waals surface area contributed by atoms with E-state index in [1.54, 1.807) is 11.9 Å². The second-order valence-electron chi connectivity index (χ2n) is 6.22. The van der Waals surface area contributed by atoms with E-state index < -0.39 is 0 Å². The Kier molecular flexibility index (Phi) is 5.16. The van der Waals surface area contributed by atoms with E-state index in [-0.39, 0.29) is 24.3 Å². The second-order valence-corrected chi connectivity index (χ2v) is 6.63. The topological polar surface area (TPSA) is 71.1 Å². The summed E-state index contributed by atoms with van der Waals surface area (Å²) in [5.74, 6) is 0.984. The third kappa shape index (κ3) is 3.76. The third-order valence-electron chi connectivity index (χ3n) is 4.42. The molecule has 1 N–H and O–H groups in total. The molecule has 1 aromatic heterocycles. The van der Waals surface area contributed by atoms with E-state index in [1.165, 1.54) is 6.33 Å². The van der Waals surface area contributed by atoms with Gasteiger partial charge in [0.2, 0.25) is 5.91 Å². The van der Waals surface area contributed by atoms with Crippen LogP contribution in [0.1, 0.15) is 29.3 Å². The van der Waals surface area contributed by atoms with Gasteiger partial charge in [0.15, 0.2) is 0 Å². The van der Waals surface area contributed by atoms with Gasteiger partial charge in [-0.3, -0.25) is 9.89 Å². The maximum atomic E-state index is 12.5. The van der Waals surface area contributed by atoms with Crippen LogP contribution in [0.4, 0.5) is 0 Å². The highest BCUT2D eigenvalue weighted by Crippen LogP contribution is 2.29. The first kappa shape index (κ1) is 16.9. The molecule has 7 heteroatoms. The summed E-state index contributed by atoms with van der Waals surface area (Å²) in [6.07, 6.45) is 2.60. The van der Waals surface area contributed by atoms with Crippen molar-refractivity contribution in [1.82, 2.24) is 20.1 Å². The Bertz CT molecular complexity index is 705. The molecule has 2 atom stereocenters. The molecule has 1 aromatic carbocycles. The molecule has 1 saturated heterocycles. The van der Waals surface area contributed by atoms with Crippen molar-refractivity contribution in [1.29, 1.82) is 0 Å². The minimum absolute atomic E-state index is 0.0209. The Morgan fingerprint density at radius 3 is 3.04 bits per heavy atom. The predicted octanol–water partition coefficient (Wildman–Crippen LogP) is 2.34. The summed E-state index contributed by atoms with van der Waals surface area (Å²) in [7, 11) is 1.80. The van der Waals surface area contributed by atoms with Crippen molar-refractivity contribution in [3.8, 4) is 0 Å². The van der Waals surface area contributed by atoms with Gasteiger partial charge in [0.1, 0.15) is 12.2 Å². The monoisotopic (exact) mass is 348 g/mol. The smallest absolute Gasteiger partial charge is 0.226 e. The van der Waals surface area contributed by atoms with Crippen LogP contribution in [-0.2, 0) is 16.0 Å². The van der Waals surface area contributed by atoms with Crippen molar-refractivity contribution in [2.75, 3.05) is 20.2 Å². The number of aromatic nitrogens is 3. The molecule has 0 radical (unpaired) electrons. The van der Waals surface area contributed by atoms with Gasteiger partial charge in [0.25, 0.3) is 0 Å². The van der Waals surface area contributed by atoms with Gasteiger partial charge in [-0.1, -0.05) is 23.7 Å². The summed E-state index contributed by atoms with van der Waals surface area (Å²) in [5, 5.41) is 7.44. The van der Waals surface area contributed by atoms with Crippen molar-refractivity contribution in [2.45, 2.75) is 31.8 Å². The summed E-state index contributed by atoms with van der Waals surface area (Å²) in [5.41, 5.74) is 1.93. The lowest BCUT2D eigenvalue weighted by molar-refractivity contribution is -0.130. The third-order valence-corrected chi connectivity index (χ3v) is 4.78. The quantitative estimate of drug-likeness (QED) is 0.900. The molecule has 2 aromatic rings. The lowest BCUT2D eigenvalue weighted by Crippen LogP contribution is -2.37. The maximum Gasteiger partial charge on any atom is 0.226 e. The fourth-order valence-corrected chi connectivity index (χ4v) is 3.30. The summed E-state index contributed by atoms with van der Waals surface area (Å²) in [4.78, 5) is 18.4. The zero-order valence-electron chi connectivity index (χ0n) is 13.8. The van der Waals surface area contributed by atoms with Crippen LogP contribution in [0.2, 0.25) is 5.02 Å². The number of rotatable bonds is 5. The second kappa shape index (κ2) is 7.32. The SMILES string of the molecule is Cc1ccc(CC(=O)N(C)C[C@H]2OCC[C@H]2c2ncn[nH]2)c(Cl)c1. The number of carbonyl (C=O) groups is 1. The van der Waals surface area contributed by atoms with E-state index in [1.807, 2.05) is 25.1 Å². The van der Waals surface area contributed by atoms with Crippen molar-refractivity contribution in [2.24, 2.45) is 0 Å². The summed E-state index contributed by atoms with van der Waals surface area (Å²) in [6, 6.07) is 5.76. The molecular weight excluding hydrogens is 328 g/mol. The normalized spacial score (nSPS) is 20.3. The molecule has 1 fully saturated rings. The van der Waals surface area contributed by atoms with Crippen molar-refractivity contribution >= 4 is 17.5 Å². The van der Waals surface area contributed by atoms with Crippen LogP contribution in [0.15, 0.2) is 24.5 Å². The fourth-order valence-electron chi connectivity index (χ4n) is 3.00. The van der Waals surface area contributed by atoms with Crippen LogP contribution in [0, 0.1) is 6.92 Å². The Hall–Kier alpha value is -1.92. The first-order valence-corrected chi connectivity index (χ1v) is 8.38. The van der Waals surface area contributed by atoms with E-state index in [9.17, 15) is 4.79 Å². The van der Waals surface area contributed by atoms with Crippen LogP contribution in [0.25, 0.3) is 0 Å². The lowest BCUT2D eigenvalue weighted by atomic mass is 10.00. The highest BCUT2D eigenvalue weighted by molar-refractivity contribution is 6.31.